The van der Waals surface area contributed by atoms with Gasteiger partial charge in [-0.25, -0.2) is 9.59 Å². The predicted octanol–water partition coefficient (Wildman–Crippen LogP) is 4.59. The molecule has 0 fully saturated rings. The molecule has 150 valence electrons. The first kappa shape index (κ1) is 19.3. The fourth-order valence-corrected chi connectivity index (χ4v) is 3.33. The number of allylic oxidation sites excluding steroid dienone is 2. The van der Waals surface area contributed by atoms with Crippen LogP contribution in [0.5, 0.6) is 0 Å². The Morgan fingerprint density at radius 3 is 2.40 bits per heavy atom. The molecule has 0 atom stereocenters. The molecule has 1 aliphatic rings. The van der Waals surface area contributed by atoms with Gasteiger partial charge in [0.2, 0.25) is 0 Å². The van der Waals surface area contributed by atoms with Gasteiger partial charge in [-0.3, -0.25) is 0 Å². The normalized spacial score (nSPS) is 13.5. The van der Waals surface area contributed by atoms with E-state index in [9.17, 15) is 9.59 Å². The number of methoxy groups -OCH3 is 2. The number of fused-ring (bicyclic) bond motifs is 1. The van der Waals surface area contributed by atoms with Gasteiger partial charge in [0.15, 0.2) is 5.58 Å². The zero-order chi connectivity index (χ0) is 21.1. The molecule has 2 aromatic carbocycles. The molecule has 4 rings (SSSR count). The lowest BCUT2D eigenvalue weighted by Gasteiger charge is -2.23. The molecule has 6 nitrogen and oxygen atoms in total. The molecule has 0 aliphatic carbocycles. The molecule has 1 aliphatic heterocycles. The van der Waals surface area contributed by atoms with Gasteiger partial charge in [0.25, 0.3) is 0 Å². The number of esters is 2. The minimum Gasteiger partial charge on any atom is -0.465 e. The van der Waals surface area contributed by atoms with Gasteiger partial charge in [0.1, 0.15) is 11.5 Å². The third kappa shape index (κ3) is 3.39. The van der Waals surface area contributed by atoms with Gasteiger partial charge in [0, 0.05) is 17.1 Å². The van der Waals surface area contributed by atoms with E-state index in [0.717, 1.165) is 10.9 Å². The second-order valence-electron chi connectivity index (χ2n) is 6.49. The van der Waals surface area contributed by atoms with Gasteiger partial charge in [-0.15, -0.1) is 0 Å². The maximum atomic E-state index is 12.7. The summed E-state index contributed by atoms with van der Waals surface area (Å²) in [6.45, 7) is 0. The molecular formula is C24H19NO5. The van der Waals surface area contributed by atoms with Crippen LogP contribution in [0.2, 0.25) is 0 Å². The van der Waals surface area contributed by atoms with Gasteiger partial charge in [-0.2, -0.15) is 0 Å². The second kappa shape index (κ2) is 8.13. The van der Waals surface area contributed by atoms with Gasteiger partial charge in [0.05, 0.1) is 25.5 Å². The minimum absolute atomic E-state index is 0.0412. The van der Waals surface area contributed by atoms with Gasteiger partial charge in [-0.05, 0) is 24.3 Å². The Labute approximate surface area is 173 Å². The van der Waals surface area contributed by atoms with Crippen molar-refractivity contribution in [2.45, 2.75) is 0 Å². The topological polar surface area (TPSA) is 69.0 Å². The van der Waals surface area contributed by atoms with Crippen LogP contribution in [0.4, 0.5) is 5.69 Å². The Bertz CT molecular complexity index is 1200. The Hall–Kier alpha value is -4.06. The van der Waals surface area contributed by atoms with Crippen molar-refractivity contribution < 1.29 is 23.5 Å². The molecule has 6 heteroatoms. The van der Waals surface area contributed by atoms with E-state index in [1.54, 1.807) is 23.3 Å². The zero-order valence-electron chi connectivity index (χ0n) is 16.5. The van der Waals surface area contributed by atoms with Crippen molar-refractivity contribution in [1.82, 2.24) is 0 Å². The molecule has 0 unspecified atom stereocenters. The number of carbonyl (C=O) groups is 2. The summed E-state index contributed by atoms with van der Waals surface area (Å²) in [4.78, 5) is 26.6. The molecule has 3 aromatic rings. The van der Waals surface area contributed by atoms with Crippen LogP contribution in [0.15, 0.2) is 94.7 Å². The highest BCUT2D eigenvalue weighted by Crippen LogP contribution is 2.36. The van der Waals surface area contributed by atoms with Crippen LogP contribution in [0.25, 0.3) is 22.3 Å². The standard InChI is InChI=1S/C24H19NO5/c1-28-23(26)18-12-6-7-14-25(21(18)24(27)29-2)19-13-8-11-17-15-20(30-22(17)19)16-9-4-3-5-10-16/h3-15H,1-2H3. The summed E-state index contributed by atoms with van der Waals surface area (Å²) in [5.74, 6) is -0.609. The van der Waals surface area contributed by atoms with Crippen molar-refractivity contribution in [2.75, 3.05) is 19.1 Å². The first-order valence-corrected chi connectivity index (χ1v) is 9.27. The van der Waals surface area contributed by atoms with Crippen LogP contribution in [-0.2, 0) is 19.1 Å². The van der Waals surface area contributed by atoms with E-state index in [1.165, 1.54) is 20.3 Å². The number of furan rings is 1. The number of para-hydroxylation sites is 1. The summed E-state index contributed by atoms with van der Waals surface area (Å²) >= 11 is 0. The molecule has 0 spiro atoms. The van der Waals surface area contributed by atoms with Crippen molar-refractivity contribution in [3.8, 4) is 11.3 Å². The van der Waals surface area contributed by atoms with Gasteiger partial charge in [-0.1, -0.05) is 48.5 Å². The Morgan fingerprint density at radius 2 is 1.67 bits per heavy atom. The lowest BCUT2D eigenvalue weighted by atomic mass is 10.1. The molecule has 0 saturated heterocycles. The monoisotopic (exact) mass is 401 g/mol. The SMILES string of the molecule is COC(=O)C1=C(C(=O)OC)N(c2cccc3cc(-c4ccccc4)oc23)C=CC=C1. The number of nitrogens with zero attached hydrogens (tertiary/aromatic N) is 1. The highest BCUT2D eigenvalue weighted by molar-refractivity contribution is 6.07. The van der Waals surface area contributed by atoms with Crippen LogP contribution < -0.4 is 4.90 Å². The number of hydrogen-bond acceptors (Lipinski definition) is 6. The van der Waals surface area contributed by atoms with Crippen molar-refractivity contribution in [3.63, 3.8) is 0 Å². The molecular weight excluding hydrogens is 382 g/mol. The summed E-state index contributed by atoms with van der Waals surface area (Å²) in [6, 6.07) is 17.3. The van der Waals surface area contributed by atoms with Crippen LogP contribution in [-0.4, -0.2) is 26.2 Å². The van der Waals surface area contributed by atoms with Crippen LogP contribution in [0.1, 0.15) is 0 Å². The minimum atomic E-state index is -0.668. The molecule has 2 heterocycles. The number of anilines is 1. The van der Waals surface area contributed by atoms with E-state index in [0.29, 0.717) is 17.0 Å². The maximum Gasteiger partial charge on any atom is 0.355 e. The van der Waals surface area contributed by atoms with E-state index in [-0.39, 0.29) is 11.3 Å². The summed E-state index contributed by atoms with van der Waals surface area (Å²) < 4.78 is 16.0. The molecule has 1 aromatic heterocycles. The Balaban J connectivity index is 1.92. The quantitative estimate of drug-likeness (QED) is 0.596. The average molecular weight is 401 g/mol. The van der Waals surface area contributed by atoms with E-state index < -0.39 is 11.9 Å². The van der Waals surface area contributed by atoms with E-state index in [4.69, 9.17) is 13.9 Å². The highest BCUT2D eigenvalue weighted by Gasteiger charge is 2.29. The number of benzene rings is 2. The number of rotatable bonds is 4. The third-order valence-corrected chi connectivity index (χ3v) is 4.73. The average Bonchev–Trinajstić information content (AvgIpc) is 3.11. The number of hydrogen-bond donors (Lipinski definition) is 0. The van der Waals surface area contributed by atoms with Crippen molar-refractivity contribution in [2.24, 2.45) is 0 Å². The van der Waals surface area contributed by atoms with Crippen LogP contribution in [0.3, 0.4) is 0 Å². The Morgan fingerprint density at radius 1 is 0.900 bits per heavy atom. The summed E-state index contributed by atoms with van der Waals surface area (Å²) in [5, 5.41) is 0.862. The molecule has 0 saturated carbocycles. The van der Waals surface area contributed by atoms with E-state index in [2.05, 4.69) is 0 Å². The fourth-order valence-electron chi connectivity index (χ4n) is 3.33. The molecule has 0 amide bonds. The van der Waals surface area contributed by atoms with E-state index >= 15 is 0 Å². The largest absolute Gasteiger partial charge is 0.465 e. The van der Waals surface area contributed by atoms with E-state index in [1.807, 2.05) is 54.6 Å². The van der Waals surface area contributed by atoms with Crippen molar-refractivity contribution >= 4 is 28.6 Å². The Kier molecular flexibility index (Phi) is 5.22. The summed E-state index contributed by atoms with van der Waals surface area (Å²) in [7, 11) is 2.53. The zero-order valence-corrected chi connectivity index (χ0v) is 16.5. The fraction of sp³-hybridized carbons (Fsp3) is 0.0833. The highest BCUT2D eigenvalue weighted by atomic mass is 16.5. The first-order chi connectivity index (χ1) is 14.6. The maximum absolute atomic E-state index is 12.7. The molecule has 0 bridgehead atoms. The molecule has 0 N–H and O–H groups in total. The number of ether oxygens (including phenoxy) is 2. The summed E-state index contributed by atoms with van der Waals surface area (Å²) in [5.41, 5.74) is 2.23. The third-order valence-electron chi connectivity index (χ3n) is 4.73. The predicted molar refractivity (Wildman–Crippen MR) is 113 cm³/mol. The van der Waals surface area contributed by atoms with Crippen molar-refractivity contribution in [3.05, 3.63) is 90.3 Å². The lowest BCUT2D eigenvalue weighted by molar-refractivity contribution is -0.139. The van der Waals surface area contributed by atoms with Crippen LogP contribution >= 0.6 is 0 Å². The van der Waals surface area contributed by atoms with Gasteiger partial charge >= 0.3 is 11.9 Å². The van der Waals surface area contributed by atoms with Crippen molar-refractivity contribution in [1.29, 1.82) is 0 Å². The first-order valence-electron chi connectivity index (χ1n) is 9.27. The summed E-state index contributed by atoms with van der Waals surface area (Å²) in [6.07, 6.45) is 6.58. The van der Waals surface area contributed by atoms with Gasteiger partial charge < -0.3 is 18.8 Å². The van der Waals surface area contributed by atoms with Crippen LogP contribution in [0, 0.1) is 0 Å². The lowest BCUT2D eigenvalue weighted by Crippen LogP contribution is -2.27. The second-order valence-corrected chi connectivity index (χ2v) is 6.49. The smallest absolute Gasteiger partial charge is 0.355 e. The number of carbonyl (C=O) groups excluding carboxylic acids is 2. The molecule has 30 heavy (non-hydrogen) atoms. The molecule has 0 radical (unpaired) electrons.